The van der Waals surface area contributed by atoms with Gasteiger partial charge in [0, 0.05) is 25.5 Å². The molecule has 0 radical (unpaired) electrons. The first-order valence-electron chi connectivity index (χ1n) is 3.83. The SMILES string of the molecule is C1=CN(N2C=CCC2)CC1.Cl.Cl. The van der Waals surface area contributed by atoms with E-state index in [1.807, 2.05) is 0 Å². The molecule has 0 aromatic rings. The van der Waals surface area contributed by atoms with Gasteiger partial charge in [0.25, 0.3) is 0 Å². The van der Waals surface area contributed by atoms with Crippen LogP contribution in [0.5, 0.6) is 0 Å². The van der Waals surface area contributed by atoms with Crippen LogP contribution in [0.25, 0.3) is 0 Å². The van der Waals surface area contributed by atoms with Crippen molar-refractivity contribution in [2.45, 2.75) is 12.8 Å². The summed E-state index contributed by atoms with van der Waals surface area (Å²) < 4.78 is 0. The summed E-state index contributed by atoms with van der Waals surface area (Å²) in [6.45, 7) is 2.31. The smallest absolute Gasteiger partial charge is 0.0424 e. The Kier molecular flexibility index (Phi) is 5.18. The van der Waals surface area contributed by atoms with Crippen molar-refractivity contribution in [1.82, 2.24) is 10.0 Å². The van der Waals surface area contributed by atoms with Crippen LogP contribution in [-0.2, 0) is 0 Å². The molecule has 0 saturated heterocycles. The van der Waals surface area contributed by atoms with Crippen LogP contribution in [-0.4, -0.2) is 23.1 Å². The molecule has 0 aliphatic carbocycles. The van der Waals surface area contributed by atoms with Crippen molar-refractivity contribution in [3.8, 4) is 0 Å². The molecule has 4 heteroatoms. The van der Waals surface area contributed by atoms with Gasteiger partial charge < -0.3 is 0 Å². The Morgan fingerprint density at radius 2 is 1.17 bits per heavy atom. The molecule has 0 unspecified atom stereocenters. The Morgan fingerprint density at radius 1 is 0.750 bits per heavy atom. The van der Waals surface area contributed by atoms with Gasteiger partial charge in [-0.15, -0.1) is 24.8 Å². The minimum absolute atomic E-state index is 0. The van der Waals surface area contributed by atoms with E-state index in [-0.39, 0.29) is 24.8 Å². The number of hydrazine groups is 1. The first kappa shape index (κ1) is 11.7. The maximum atomic E-state index is 2.27. The van der Waals surface area contributed by atoms with Crippen LogP contribution < -0.4 is 0 Å². The first-order chi connectivity index (χ1) is 4.97. The van der Waals surface area contributed by atoms with Gasteiger partial charge in [0.05, 0.1) is 0 Å². The number of hydrogen-bond acceptors (Lipinski definition) is 2. The molecule has 2 heterocycles. The molecule has 0 amide bonds. The minimum Gasteiger partial charge on any atom is -0.293 e. The fourth-order valence-corrected chi connectivity index (χ4v) is 1.38. The summed E-state index contributed by atoms with van der Waals surface area (Å²) in [7, 11) is 0. The zero-order valence-corrected chi connectivity index (χ0v) is 8.48. The summed E-state index contributed by atoms with van der Waals surface area (Å²) >= 11 is 0. The van der Waals surface area contributed by atoms with E-state index < -0.39 is 0 Å². The van der Waals surface area contributed by atoms with Gasteiger partial charge in [0.2, 0.25) is 0 Å². The topological polar surface area (TPSA) is 6.48 Å². The van der Waals surface area contributed by atoms with Crippen molar-refractivity contribution in [2.75, 3.05) is 13.1 Å². The lowest BCUT2D eigenvalue weighted by atomic mass is 10.5. The highest BCUT2D eigenvalue weighted by molar-refractivity contribution is 5.85. The van der Waals surface area contributed by atoms with Crippen molar-refractivity contribution in [3.05, 3.63) is 24.6 Å². The van der Waals surface area contributed by atoms with Crippen LogP contribution in [0.3, 0.4) is 0 Å². The quantitative estimate of drug-likeness (QED) is 0.653. The molecule has 2 aliphatic rings. The highest BCUT2D eigenvalue weighted by Gasteiger charge is 2.12. The maximum absolute atomic E-state index is 2.27. The standard InChI is InChI=1S/C8H12N2.2ClH/c1-2-6-9(5-1)10-7-3-4-8-10;;/h1,3,5,7H,2,4,6,8H2;2*1H. The summed E-state index contributed by atoms with van der Waals surface area (Å²) in [4.78, 5) is 0. The summed E-state index contributed by atoms with van der Waals surface area (Å²) in [5.41, 5.74) is 0. The molecule has 70 valence electrons. The zero-order chi connectivity index (χ0) is 6.81. The van der Waals surface area contributed by atoms with Crippen molar-refractivity contribution in [3.63, 3.8) is 0 Å². The third-order valence-electron chi connectivity index (χ3n) is 1.93. The van der Waals surface area contributed by atoms with Gasteiger partial charge in [-0.3, -0.25) is 10.0 Å². The Morgan fingerprint density at radius 3 is 1.42 bits per heavy atom. The molecule has 0 bridgehead atoms. The molecule has 0 spiro atoms. The van der Waals surface area contributed by atoms with Gasteiger partial charge in [-0.25, -0.2) is 0 Å². The number of halogens is 2. The molecule has 0 aromatic carbocycles. The number of hydrogen-bond donors (Lipinski definition) is 0. The van der Waals surface area contributed by atoms with Crippen LogP contribution in [0.1, 0.15) is 12.8 Å². The Labute approximate surface area is 85.7 Å². The molecule has 0 saturated carbocycles. The Balaban J connectivity index is 0.000000605. The van der Waals surface area contributed by atoms with Crippen LogP contribution in [0, 0.1) is 0 Å². The van der Waals surface area contributed by atoms with Crippen LogP contribution >= 0.6 is 24.8 Å². The van der Waals surface area contributed by atoms with Gasteiger partial charge in [-0.05, 0) is 12.8 Å². The highest BCUT2D eigenvalue weighted by Crippen LogP contribution is 2.13. The number of rotatable bonds is 1. The summed E-state index contributed by atoms with van der Waals surface area (Å²) in [5, 5.41) is 4.53. The third kappa shape index (κ3) is 2.32. The van der Waals surface area contributed by atoms with E-state index in [4.69, 9.17) is 0 Å². The van der Waals surface area contributed by atoms with Crippen molar-refractivity contribution in [2.24, 2.45) is 0 Å². The predicted molar refractivity (Wildman–Crippen MR) is 55.4 cm³/mol. The molecule has 0 atom stereocenters. The minimum atomic E-state index is 0. The van der Waals surface area contributed by atoms with E-state index in [1.165, 1.54) is 12.8 Å². The molecular formula is C8H14Cl2N2. The van der Waals surface area contributed by atoms with Gasteiger partial charge in [0.15, 0.2) is 0 Å². The molecule has 0 fully saturated rings. The Bertz CT molecular complexity index is 160. The van der Waals surface area contributed by atoms with E-state index in [0.29, 0.717) is 0 Å². The predicted octanol–water partition coefficient (Wildman–Crippen LogP) is 2.18. The first-order valence-corrected chi connectivity index (χ1v) is 3.83. The van der Waals surface area contributed by atoms with Crippen LogP contribution in [0.4, 0.5) is 0 Å². The largest absolute Gasteiger partial charge is 0.293 e. The molecule has 0 aromatic heterocycles. The van der Waals surface area contributed by atoms with E-state index in [2.05, 4.69) is 34.6 Å². The molecule has 12 heavy (non-hydrogen) atoms. The fourth-order valence-electron chi connectivity index (χ4n) is 1.38. The molecule has 2 rings (SSSR count). The van der Waals surface area contributed by atoms with Gasteiger partial charge in [-0.2, -0.15) is 0 Å². The van der Waals surface area contributed by atoms with Crippen molar-refractivity contribution in [1.29, 1.82) is 0 Å². The lowest BCUT2D eigenvalue weighted by molar-refractivity contribution is 0.100. The molecule has 2 aliphatic heterocycles. The third-order valence-corrected chi connectivity index (χ3v) is 1.93. The average Bonchev–Trinajstić information content (AvgIpc) is 2.59. The lowest BCUT2D eigenvalue weighted by Crippen LogP contribution is -2.31. The van der Waals surface area contributed by atoms with Gasteiger partial charge in [-0.1, -0.05) is 12.2 Å². The summed E-state index contributed by atoms with van der Waals surface area (Å²) in [5.74, 6) is 0. The summed E-state index contributed by atoms with van der Waals surface area (Å²) in [6.07, 6.45) is 11.2. The van der Waals surface area contributed by atoms with E-state index >= 15 is 0 Å². The van der Waals surface area contributed by atoms with Crippen molar-refractivity contribution < 1.29 is 0 Å². The van der Waals surface area contributed by atoms with E-state index in [9.17, 15) is 0 Å². The lowest BCUT2D eigenvalue weighted by Gasteiger charge is -2.27. The van der Waals surface area contributed by atoms with E-state index in [1.54, 1.807) is 0 Å². The second-order valence-corrected chi connectivity index (χ2v) is 2.67. The van der Waals surface area contributed by atoms with Crippen LogP contribution in [0.2, 0.25) is 0 Å². The van der Waals surface area contributed by atoms with Crippen LogP contribution in [0.15, 0.2) is 24.6 Å². The van der Waals surface area contributed by atoms with Gasteiger partial charge >= 0.3 is 0 Å². The molecule has 2 nitrogen and oxygen atoms in total. The van der Waals surface area contributed by atoms with E-state index in [0.717, 1.165) is 13.1 Å². The normalized spacial score (nSPS) is 19.3. The van der Waals surface area contributed by atoms with Gasteiger partial charge in [0.1, 0.15) is 0 Å². The monoisotopic (exact) mass is 208 g/mol. The fraction of sp³-hybridized carbons (Fsp3) is 0.500. The maximum Gasteiger partial charge on any atom is 0.0424 e. The zero-order valence-electron chi connectivity index (χ0n) is 6.85. The second-order valence-electron chi connectivity index (χ2n) is 2.67. The second kappa shape index (κ2) is 5.33. The number of nitrogens with zero attached hydrogens (tertiary/aromatic N) is 2. The Hall–Kier alpha value is -0.340. The molecular weight excluding hydrogens is 195 g/mol. The molecule has 0 N–H and O–H groups in total. The highest BCUT2D eigenvalue weighted by atomic mass is 35.5. The summed E-state index contributed by atoms with van der Waals surface area (Å²) in [6, 6.07) is 0. The van der Waals surface area contributed by atoms with Crippen molar-refractivity contribution >= 4 is 24.8 Å². The average molecular weight is 209 g/mol.